The average molecular weight is 412 g/mol. The van der Waals surface area contributed by atoms with Crippen LogP contribution in [0.2, 0.25) is 0 Å². The summed E-state index contributed by atoms with van der Waals surface area (Å²) in [5.74, 6) is 0.779. The van der Waals surface area contributed by atoms with Crippen LogP contribution >= 0.6 is 0 Å². The fraction of sp³-hybridized carbons (Fsp3) is 0.318. The molecule has 0 bridgehead atoms. The molecule has 7 heteroatoms. The van der Waals surface area contributed by atoms with Gasteiger partial charge in [-0.3, -0.25) is 4.98 Å². The first-order chi connectivity index (χ1) is 13.9. The molecule has 1 fully saturated rings. The minimum absolute atomic E-state index is 0.0259. The van der Waals surface area contributed by atoms with E-state index in [1.807, 2.05) is 30.5 Å². The number of ether oxygens (including phenoxy) is 1. The Morgan fingerprint density at radius 1 is 1.14 bits per heavy atom. The number of hydrogen-bond acceptors (Lipinski definition) is 5. The van der Waals surface area contributed by atoms with Gasteiger partial charge in [-0.2, -0.15) is 0 Å². The lowest BCUT2D eigenvalue weighted by molar-refractivity contribution is 0.137. The number of pyridine rings is 1. The van der Waals surface area contributed by atoms with Crippen molar-refractivity contribution < 1.29 is 13.2 Å². The number of fused-ring (bicyclic) bond motifs is 1. The summed E-state index contributed by atoms with van der Waals surface area (Å²) in [7, 11) is -3.15. The van der Waals surface area contributed by atoms with Gasteiger partial charge in [-0.25, -0.2) is 12.7 Å². The van der Waals surface area contributed by atoms with Gasteiger partial charge in [0.05, 0.1) is 6.26 Å². The quantitative estimate of drug-likeness (QED) is 0.697. The summed E-state index contributed by atoms with van der Waals surface area (Å²) in [6, 6.07) is 14.3. The van der Waals surface area contributed by atoms with Crippen LogP contribution < -0.4 is 10.5 Å². The van der Waals surface area contributed by atoms with E-state index in [1.54, 1.807) is 6.20 Å². The Labute approximate surface area is 171 Å². The van der Waals surface area contributed by atoms with Crippen LogP contribution in [0.5, 0.6) is 5.75 Å². The Kier molecular flexibility index (Phi) is 5.54. The highest BCUT2D eigenvalue weighted by atomic mass is 32.2. The first-order valence-electron chi connectivity index (χ1n) is 9.73. The van der Waals surface area contributed by atoms with Crippen molar-refractivity contribution in [3.8, 4) is 16.9 Å². The second-order valence-corrected chi connectivity index (χ2v) is 9.44. The maximum Gasteiger partial charge on any atom is 0.211 e. The van der Waals surface area contributed by atoms with Crippen molar-refractivity contribution in [3.05, 3.63) is 60.4 Å². The number of nitrogens with zero attached hydrogens (tertiary/aromatic N) is 2. The predicted molar refractivity (Wildman–Crippen MR) is 115 cm³/mol. The van der Waals surface area contributed by atoms with Crippen LogP contribution in [0.15, 0.2) is 54.9 Å². The van der Waals surface area contributed by atoms with Gasteiger partial charge in [0.1, 0.15) is 11.9 Å². The summed E-state index contributed by atoms with van der Waals surface area (Å²) in [6.45, 7) is 1.46. The monoisotopic (exact) mass is 411 g/mol. The fourth-order valence-corrected chi connectivity index (χ4v) is 4.64. The van der Waals surface area contributed by atoms with E-state index in [2.05, 4.69) is 23.2 Å². The second-order valence-electron chi connectivity index (χ2n) is 7.45. The molecule has 2 N–H and O–H groups in total. The maximum atomic E-state index is 11.7. The Morgan fingerprint density at radius 2 is 1.93 bits per heavy atom. The van der Waals surface area contributed by atoms with Gasteiger partial charge < -0.3 is 10.5 Å². The smallest absolute Gasteiger partial charge is 0.211 e. The van der Waals surface area contributed by atoms with E-state index in [9.17, 15) is 8.42 Å². The van der Waals surface area contributed by atoms with E-state index in [0.29, 0.717) is 32.5 Å². The van der Waals surface area contributed by atoms with Crippen LogP contribution in [0, 0.1) is 0 Å². The number of aromatic nitrogens is 1. The highest BCUT2D eigenvalue weighted by Crippen LogP contribution is 2.34. The zero-order valence-electron chi connectivity index (χ0n) is 16.4. The Hall–Kier alpha value is -2.48. The zero-order valence-corrected chi connectivity index (χ0v) is 17.2. The summed E-state index contributed by atoms with van der Waals surface area (Å²) >= 11 is 0. The molecule has 6 nitrogen and oxygen atoms in total. The third-order valence-electron chi connectivity index (χ3n) is 5.38. The molecule has 1 aliphatic rings. The van der Waals surface area contributed by atoms with Crippen molar-refractivity contribution in [1.82, 2.24) is 9.29 Å². The highest BCUT2D eigenvalue weighted by Gasteiger charge is 2.26. The Balaban J connectivity index is 1.65. The van der Waals surface area contributed by atoms with E-state index >= 15 is 0 Å². The van der Waals surface area contributed by atoms with Crippen molar-refractivity contribution in [2.75, 3.05) is 19.3 Å². The molecule has 3 aromatic rings. The molecule has 0 spiro atoms. The van der Waals surface area contributed by atoms with Gasteiger partial charge in [0.25, 0.3) is 0 Å². The number of benzene rings is 2. The fourth-order valence-electron chi connectivity index (χ4n) is 3.77. The zero-order chi connectivity index (χ0) is 20.4. The molecule has 4 rings (SSSR count). The van der Waals surface area contributed by atoms with Crippen LogP contribution in [0.3, 0.4) is 0 Å². The van der Waals surface area contributed by atoms with Crippen molar-refractivity contribution in [3.63, 3.8) is 0 Å². The highest BCUT2D eigenvalue weighted by molar-refractivity contribution is 7.88. The van der Waals surface area contributed by atoms with Crippen molar-refractivity contribution >= 4 is 20.8 Å². The lowest BCUT2D eigenvalue weighted by Gasteiger charge is -2.30. The molecule has 1 aromatic heterocycles. The lowest BCUT2D eigenvalue weighted by atomic mass is 9.99. The van der Waals surface area contributed by atoms with Gasteiger partial charge in [0.15, 0.2) is 0 Å². The number of piperidine rings is 1. The summed E-state index contributed by atoms with van der Waals surface area (Å²) < 4.78 is 31.4. The summed E-state index contributed by atoms with van der Waals surface area (Å²) in [4.78, 5) is 4.26. The lowest BCUT2D eigenvalue weighted by Crippen LogP contribution is -2.41. The van der Waals surface area contributed by atoms with Gasteiger partial charge in [0, 0.05) is 37.4 Å². The second kappa shape index (κ2) is 8.10. The number of rotatable bonds is 5. The molecule has 1 saturated heterocycles. The summed E-state index contributed by atoms with van der Waals surface area (Å²) in [5.41, 5.74) is 9.02. The molecule has 152 valence electrons. The largest absolute Gasteiger partial charge is 0.490 e. The number of nitrogens with two attached hydrogens (primary N) is 1. The Morgan fingerprint density at radius 3 is 2.66 bits per heavy atom. The standard InChI is InChI=1S/C22H25N3O3S/c1-29(26,27)25-9-6-20(7-10-25)28-22-13-19(12-18-5-8-24-15-21(18)22)17-4-2-3-16(11-17)14-23/h2-5,8,11-13,15,20H,6-7,9-10,14,23H2,1H3. The van der Waals surface area contributed by atoms with E-state index in [4.69, 9.17) is 10.5 Å². The molecule has 2 aromatic carbocycles. The van der Waals surface area contributed by atoms with E-state index in [1.165, 1.54) is 10.6 Å². The minimum atomic E-state index is -3.15. The average Bonchev–Trinajstić information content (AvgIpc) is 2.73. The van der Waals surface area contributed by atoms with Gasteiger partial charge in [-0.1, -0.05) is 18.2 Å². The minimum Gasteiger partial charge on any atom is -0.490 e. The third-order valence-corrected chi connectivity index (χ3v) is 6.68. The topological polar surface area (TPSA) is 85.5 Å². The molecule has 0 atom stereocenters. The molecule has 0 aliphatic carbocycles. The van der Waals surface area contributed by atoms with Crippen LogP contribution in [-0.2, 0) is 16.6 Å². The van der Waals surface area contributed by atoms with Gasteiger partial charge in [0.2, 0.25) is 10.0 Å². The molecule has 0 radical (unpaired) electrons. The number of hydrogen-bond donors (Lipinski definition) is 1. The SMILES string of the molecule is CS(=O)(=O)N1CCC(Oc2cc(-c3cccc(CN)c3)cc3ccncc23)CC1. The van der Waals surface area contributed by atoms with Crippen LogP contribution in [-0.4, -0.2) is 43.2 Å². The molecule has 29 heavy (non-hydrogen) atoms. The molecular formula is C22H25N3O3S. The van der Waals surface area contributed by atoms with E-state index in [0.717, 1.165) is 33.2 Å². The van der Waals surface area contributed by atoms with Crippen molar-refractivity contribution in [1.29, 1.82) is 0 Å². The summed E-state index contributed by atoms with van der Waals surface area (Å²) in [6.07, 6.45) is 6.16. The predicted octanol–water partition coefficient (Wildman–Crippen LogP) is 3.16. The molecular weight excluding hydrogens is 386 g/mol. The molecule has 0 unspecified atom stereocenters. The molecule has 1 aliphatic heterocycles. The van der Waals surface area contributed by atoms with Crippen molar-refractivity contribution in [2.45, 2.75) is 25.5 Å². The van der Waals surface area contributed by atoms with Gasteiger partial charge in [-0.15, -0.1) is 0 Å². The van der Waals surface area contributed by atoms with Gasteiger partial charge >= 0.3 is 0 Å². The summed E-state index contributed by atoms with van der Waals surface area (Å²) in [5, 5.41) is 2.01. The molecule has 2 heterocycles. The first kappa shape index (κ1) is 19.8. The van der Waals surface area contributed by atoms with Gasteiger partial charge in [-0.05, 0) is 59.2 Å². The Bertz CT molecular complexity index is 1120. The van der Waals surface area contributed by atoms with Crippen molar-refractivity contribution in [2.24, 2.45) is 5.73 Å². The normalized spacial score (nSPS) is 16.2. The van der Waals surface area contributed by atoms with Crippen LogP contribution in [0.1, 0.15) is 18.4 Å². The van der Waals surface area contributed by atoms with Crippen LogP contribution in [0.25, 0.3) is 21.9 Å². The third kappa shape index (κ3) is 4.42. The maximum absolute atomic E-state index is 11.7. The number of sulfonamides is 1. The molecule has 0 amide bonds. The van der Waals surface area contributed by atoms with E-state index < -0.39 is 10.0 Å². The molecule has 0 saturated carbocycles. The van der Waals surface area contributed by atoms with E-state index in [-0.39, 0.29) is 6.10 Å². The van der Waals surface area contributed by atoms with Crippen LogP contribution in [0.4, 0.5) is 0 Å². The first-order valence-corrected chi connectivity index (χ1v) is 11.6.